The Morgan fingerprint density at radius 1 is 1.12 bits per heavy atom. The Balaban J connectivity index is 1.61. The fourth-order valence-electron chi connectivity index (χ4n) is 3.06. The molecular formula is C23H22F3N5O2S. The van der Waals surface area contributed by atoms with Crippen LogP contribution < -0.4 is 5.32 Å². The van der Waals surface area contributed by atoms with Crippen LogP contribution in [0.5, 0.6) is 0 Å². The predicted octanol–water partition coefficient (Wildman–Crippen LogP) is 4.34. The number of carbonyl (C=O) groups is 2. The van der Waals surface area contributed by atoms with E-state index in [0.29, 0.717) is 17.5 Å². The number of hydrogen-bond donors (Lipinski definition) is 1. The molecular weight excluding hydrogens is 467 g/mol. The molecule has 3 rings (SSSR count). The van der Waals surface area contributed by atoms with Crippen molar-refractivity contribution in [2.75, 3.05) is 24.7 Å². The average Bonchev–Trinajstić information content (AvgIpc) is 3.20. The van der Waals surface area contributed by atoms with Gasteiger partial charge in [-0.2, -0.15) is 13.2 Å². The molecule has 2 aromatic carbocycles. The first-order valence-corrected chi connectivity index (χ1v) is 11.1. The van der Waals surface area contributed by atoms with Gasteiger partial charge in [0.05, 0.1) is 23.5 Å². The van der Waals surface area contributed by atoms with Crippen molar-refractivity contribution in [2.24, 2.45) is 0 Å². The Morgan fingerprint density at radius 3 is 2.47 bits per heavy atom. The number of carbonyl (C=O) groups excluding carboxylic acids is 2. The molecule has 0 aliphatic heterocycles. The van der Waals surface area contributed by atoms with E-state index in [4.69, 9.17) is 0 Å². The molecule has 0 saturated heterocycles. The van der Waals surface area contributed by atoms with Crippen LogP contribution in [0.25, 0.3) is 11.4 Å². The number of halogens is 3. The van der Waals surface area contributed by atoms with Gasteiger partial charge in [-0.1, -0.05) is 60.3 Å². The van der Waals surface area contributed by atoms with Crippen LogP contribution in [0.2, 0.25) is 0 Å². The second-order valence-electron chi connectivity index (χ2n) is 7.20. The fourth-order valence-corrected chi connectivity index (χ4v) is 3.95. The van der Waals surface area contributed by atoms with Crippen LogP contribution >= 0.6 is 11.8 Å². The lowest BCUT2D eigenvalue weighted by molar-refractivity contribution is -0.137. The molecule has 1 heterocycles. The van der Waals surface area contributed by atoms with Crippen LogP contribution in [0.3, 0.4) is 0 Å². The fraction of sp³-hybridized carbons (Fsp3) is 0.217. The molecule has 11 heteroatoms. The van der Waals surface area contributed by atoms with Crippen LogP contribution in [0.15, 0.2) is 72.4 Å². The van der Waals surface area contributed by atoms with E-state index in [2.05, 4.69) is 22.1 Å². The van der Waals surface area contributed by atoms with Gasteiger partial charge in [-0.15, -0.1) is 16.8 Å². The van der Waals surface area contributed by atoms with E-state index < -0.39 is 30.1 Å². The van der Waals surface area contributed by atoms with Gasteiger partial charge < -0.3 is 10.2 Å². The summed E-state index contributed by atoms with van der Waals surface area (Å²) in [7, 11) is 1.40. The third kappa shape index (κ3) is 6.25. The van der Waals surface area contributed by atoms with Crippen molar-refractivity contribution >= 4 is 29.3 Å². The smallest absolute Gasteiger partial charge is 0.336 e. The maximum absolute atomic E-state index is 13.1. The normalized spacial score (nSPS) is 11.2. The third-order valence-electron chi connectivity index (χ3n) is 4.70. The number of amides is 2. The van der Waals surface area contributed by atoms with Gasteiger partial charge in [0.15, 0.2) is 11.0 Å². The maximum atomic E-state index is 13.1. The minimum atomic E-state index is -4.61. The lowest BCUT2D eigenvalue weighted by atomic mass is 10.1. The topological polar surface area (TPSA) is 80.1 Å². The molecule has 0 saturated carbocycles. The van der Waals surface area contributed by atoms with Crippen molar-refractivity contribution in [1.29, 1.82) is 0 Å². The molecule has 0 fully saturated rings. The minimum absolute atomic E-state index is 0.0347. The largest absolute Gasteiger partial charge is 0.418 e. The van der Waals surface area contributed by atoms with Gasteiger partial charge in [-0.3, -0.25) is 14.2 Å². The highest BCUT2D eigenvalue weighted by Gasteiger charge is 2.33. The Bertz CT molecular complexity index is 1160. The second-order valence-corrected chi connectivity index (χ2v) is 8.14. The summed E-state index contributed by atoms with van der Waals surface area (Å²) in [5.41, 5.74) is -0.451. The van der Waals surface area contributed by atoms with Crippen LogP contribution in [0, 0.1) is 0 Å². The van der Waals surface area contributed by atoms with E-state index in [0.717, 1.165) is 34.4 Å². The number of nitrogens with zero attached hydrogens (tertiary/aromatic N) is 4. The van der Waals surface area contributed by atoms with E-state index in [-0.39, 0.29) is 11.4 Å². The van der Waals surface area contributed by atoms with Crippen LogP contribution in [0.4, 0.5) is 18.9 Å². The van der Waals surface area contributed by atoms with E-state index in [1.165, 1.54) is 19.2 Å². The number of likely N-dealkylation sites (N-methyl/N-ethyl adjacent to an activating group) is 1. The van der Waals surface area contributed by atoms with Crippen molar-refractivity contribution in [1.82, 2.24) is 19.7 Å². The molecule has 2 amide bonds. The van der Waals surface area contributed by atoms with Gasteiger partial charge in [0.1, 0.15) is 0 Å². The number of aromatic nitrogens is 3. The zero-order chi connectivity index (χ0) is 24.7. The van der Waals surface area contributed by atoms with E-state index in [1.807, 2.05) is 34.9 Å². The van der Waals surface area contributed by atoms with Gasteiger partial charge in [-0.05, 0) is 12.1 Å². The summed E-state index contributed by atoms with van der Waals surface area (Å²) in [5.74, 6) is -0.531. The number of para-hydroxylation sites is 1. The molecule has 0 aliphatic carbocycles. The molecule has 1 aromatic heterocycles. The molecule has 7 nitrogen and oxygen atoms in total. The van der Waals surface area contributed by atoms with Gasteiger partial charge >= 0.3 is 6.18 Å². The van der Waals surface area contributed by atoms with Crippen LogP contribution in [0.1, 0.15) is 5.56 Å². The van der Waals surface area contributed by atoms with Gasteiger partial charge in [0, 0.05) is 19.2 Å². The molecule has 3 aromatic rings. The molecule has 0 unspecified atom stereocenters. The highest BCUT2D eigenvalue weighted by Crippen LogP contribution is 2.34. The number of alkyl halides is 3. The first kappa shape index (κ1) is 25.0. The Morgan fingerprint density at radius 2 is 1.79 bits per heavy atom. The van der Waals surface area contributed by atoms with Gasteiger partial charge in [0.2, 0.25) is 11.8 Å². The minimum Gasteiger partial charge on any atom is -0.336 e. The molecule has 0 bridgehead atoms. The lowest BCUT2D eigenvalue weighted by Gasteiger charge is -2.18. The maximum Gasteiger partial charge on any atom is 0.418 e. The summed E-state index contributed by atoms with van der Waals surface area (Å²) in [5, 5.41) is 11.1. The summed E-state index contributed by atoms with van der Waals surface area (Å²) >= 11 is 1.15. The second kappa shape index (κ2) is 11.0. The molecule has 0 spiro atoms. The van der Waals surface area contributed by atoms with Gasteiger partial charge in [-0.25, -0.2) is 0 Å². The zero-order valence-corrected chi connectivity index (χ0v) is 19.1. The van der Waals surface area contributed by atoms with Crippen LogP contribution in [-0.2, 0) is 22.3 Å². The quantitative estimate of drug-likeness (QED) is 0.357. The lowest BCUT2D eigenvalue weighted by Crippen LogP contribution is -2.36. The Kier molecular flexibility index (Phi) is 8.11. The molecule has 1 N–H and O–H groups in total. The van der Waals surface area contributed by atoms with Crippen LogP contribution in [-0.4, -0.2) is 50.8 Å². The van der Waals surface area contributed by atoms with Crippen molar-refractivity contribution in [3.05, 3.63) is 72.8 Å². The molecule has 0 aliphatic rings. The number of hydrogen-bond acceptors (Lipinski definition) is 5. The molecule has 0 atom stereocenters. The third-order valence-corrected chi connectivity index (χ3v) is 5.65. The summed E-state index contributed by atoms with van der Waals surface area (Å²) in [6.45, 7) is 3.78. The first-order valence-electron chi connectivity index (χ1n) is 10.1. The zero-order valence-electron chi connectivity index (χ0n) is 18.2. The van der Waals surface area contributed by atoms with Crippen molar-refractivity contribution in [2.45, 2.75) is 17.9 Å². The molecule has 0 radical (unpaired) electrons. The van der Waals surface area contributed by atoms with E-state index in [1.54, 1.807) is 6.08 Å². The summed E-state index contributed by atoms with van der Waals surface area (Å²) in [6, 6.07) is 14.1. The summed E-state index contributed by atoms with van der Waals surface area (Å²) in [4.78, 5) is 26.0. The number of nitrogens with one attached hydrogen (secondary N) is 1. The van der Waals surface area contributed by atoms with E-state index in [9.17, 15) is 22.8 Å². The van der Waals surface area contributed by atoms with E-state index >= 15 is 0 Å². The number of thioether (sulfide) groups is 1. The first-order chi connectivity index (χ1) is 16.2. The summed E-state index contributed by atoms with van der Waals surface area (Å²) in [6.07, 6.45) is -2.92. The average molecular weight is 490 g/mol. The monoisotopic (exact) mass is 489 g/mol. The molecule has 34 heavy (non-hydrogen) atoms. The number of benzene rings is 2. The highest BCUT2D eigenvalue weighted by atomic mass is 32.2. The number of rotatable bonds is 9. The SMILES string of the molecule is C=CCn1c(SCC(=O)N(C)CC(=O)Nc2ccccc2C(F)(F)F)nnc1-c1ccccc1. The number of anilines is 1. The Hall–Kier alpha value is -3.60. The van der Waals surface area contributed by atoms with Gasteiger partial charge in [0.25, 0.3) is 0 Å². The molecule has 178 valence electrons. The van der Waals surface area contributed by atoms with Crippen molar-refractivity contribution < 1.29 is 22.8 Å². The number of allylic oxidation sites excluding steroid dienone is 1. The predicted molar refractivity (Wildman–Crippen MR) is 124 cm³/mol. The standard InChI is InChI=1S/C23H22F3N5O2S/c1-3-13-31-21(16-9-5-4-6-10-16)28-29-22(31)34-15-20(33)30(2)14-19(32)27-18-12-8-7-11-17(18)23(24,25)26/h3-12H,1,13-15H2,2H3,(H,27,32). The van der Waals surface area contributed by atoms with Crippen molar-refractivity contribution in [3.8, 4) is 11.4 Å². The summed E-state index contributed by atoms with van der Waals surface area (Å²) < 4.78 is 41.2. The van der Waals surface area contributed by atoms with Crippen molar-refractivity contribution in [3.63, 3.8) is 0 Å². The Labute approximate surface area is 198 Å². The highest BCUT2D eigenvalue weighted by molar-refractivity contribution is 7.99.